The lowest BCUT2D eigenvalue weighted by atomic mass is 9.84. The summed E-state index contributed by atoms with van der Waals surface area (Å²) in [5.74, 6) is 0. The van der Waals surface area contributed by atoms with Crippen molar-refractivity contribution in [1.29, 1.82) is 0 Å². The fourth-order valence-corrected chi connectivity index (χ4v) is 4.24. The van der Waals surface area contributed by atoms with Crippen LogP contribution >= 0.6 is 0 Å². The Morgan fingerprint density at radius 2 is 0.806 bits per heavy atom. The van der Waals surface area contributed by atoms with E-state index in [4.69, 9.17) is 0 Å². The van der Waals surface area contributed by atoms with Crippen LogP contribution < -0.4 is 0 Å². The predicted molar refractivity (Wildman–Crippen MR) is 133 cm³/mol. The van der Waals surface area contributed by atoms with Crippen molar-refractivity contribution in [2.75, 3.05) is 0 Å². The summed E-state index contributed by atoms with van der Waals surface area (Å²) in [6.45, 7) is 2.16. The first kappa shape index (κ1) is 19.1. The third-order valence-corrected chi connectivity index (χ3v) is 5.72. The van der Waals surface area contributed by atoms with E-state index in [2.05, 4.69) is 134 Å². The van der Waals surface area contributed by atoms with Crippen molar-refractivity contribution in [3.8, 4) is 44.5 Å². The maximum Gasteiger partial charge on any atom is -0.00263 e. The van der Waals surface area contributed by atoms with Crippen LogP contribution in [0.2, 0.25) is 0 Å². The number of hydrogen-bond donors (Lipinski definition) is 0. The first-order chi connectivity index (χ1) is 15.3. The van der Waals surface area contributed by atoms with Gasteiger partial charge in [-0.05, 0) is 63.6 Å². The molecule has 148 valence electrons. The molecule has 0 unspecified atom stereocenters. The molecule has 5 aromatic carbocycles. The van der Waals surface area contributed by atoms with E-state index in [1.54, 1.807) is 0 Å². The van der Waals surface area contributed by atoms with Gasteiger partial charge in [0.05, 0.1) is 0 Å². The Kier molecular flexibility index (Phi) is 5.21. The van der Waals surface area contributed by atoms with Crippen molar-refractivity contribution in [3.05, 3.63) is 133 Å². The first-order valence-electron chi connectivity index (χ1n) is 10.7. The predicted octanol–water partition coefficient (Wildman–Crippen LogP) is 8.66. The Labute approximate surface area is 184 Å². The Bertz CT molecular complexity index is 1240. The highest BCUT2D eigenvalue weighted by Gasteiger charge is 2.17. The molecule has 0 aromatic heterocycles. The minimum atomic E-state index is 1.23. The summed E-state index contributed by atoms with van der Waals surface area (Å²) >= 11 is 0. The normalized spacial score (nSPS) is 10.7. The number of rotatable bonds is 4. The molecule has 0 spiro atoms. The molecule has 0 fully saturated rings. The number of hydrogen-bond acceptors (Lipinski definition) is 0. The lowest BCUT2D eigenvalue weighted by Crippen LogP contribution is -1.93. The van der Waals surface area contributed by atoms with Crippen LogP contribution in [-0.2, 0) is 0 Å². The summed E-state index contributed by atoms with van der Waals surface area (Å²) in [5.41, 5.74) is 11.2. The van der Waals surface area contributed by atoms with Crippen LogP contribution in [0.3, 0.4) is 0 Å². The van der Waals surface area contributed by atoms with Crippen LogP contribution in [0, 0.1) is 6.92 Å². The van der Waals surface area contributed by atoms with Gasteiger partial charge in [0.15, 0.2) is 0 Å². The molecule has 0 heteroatoms. The second-order valence-corrected chi connectivity index (χ2v) is 7.91. The summed E-state index contributed by atoms with van der Waals surface area (Å²) in [6.07, 6.45) is 0. The van der Waals surface area contributed by atoms with Crippen molar-refractivity contribution in [1.82, 2.24) is 0 Å². The van der Waals surface area contributed by atoms with Gasteiger partial charge in [-0.2, -0.15) is 0 Å². The minimum Gasteiger partial charge on any atom is -0.0622 e. The van der Waals surface area contributed by atoms with E-state index in [9.17, 15) is 0 Å². The van der Waals surface area contributed by atoms with E-state index in [-0.39, 0.29) is 0 Å². The van der Waals surface area contributed by atoms with Crippen molar-refractivity contribution in [3.63, 3.8) is 0 Å². The van der Waals surface area contributed by atoms with E-state index >= 15 is 0 Å². The lowest BCUT2D eigenvalue weighted by Gasteiger charge is -2.19. The SMILES string of the molecule is Cc1cccc(-c2c(-c3ccccc3)cc(-c3ccccc3)cc2-c2ccccc2)c1. The molecule has 0 nitrogen and oxygen atoms in total. The molecule has 31 heavy (non-hydrogen) atoms. The molecule has 0 N–H and O–H groups in total. The zero-order chi connectivity index (χ0) is 21.0. The highest BCUT2D eigenvalue weighted by molar-refractivity contribution is 5.97. The average molecular weight is 397 g/mol. The lowest BCUT2D eigenvalue weighted by molar-refractivity contribution is 1.46. The van der Waals surface area contributed by atoms with Crippen LogP contribution in [-0.4, -0.2) is 0 Å². The van der Waals surface area contributed by atoms with Crippen LogP contribution in [0.1, 0.15) is 5.56 Å². The quantitative estimate of drug-likeness (QED) is 0.285. The monoisotopic (exact) mass is 396 g/mol. The van der Waals surface area contributed by atoms with Crippen molar-refractivity contribution in [2.45, 2.75) is 6.92 Å². The fourth-order valence-electron chi connectivity index (χ4n) is 4.24. The summed E-state index contributed by atoms with van der Waals surface area (Å²) in [6, 6.07) is 45.6. The van der Waals surface area contributed by atoms with E-state index in [1.807, 2.05) is 0 Å². The van der Waals surface area contributed by atoms with Gasteiger partial charge in [0.2, 0.25) is 0 Å². The van der Waals surface area contributed by atoms with Crippen LogP contribution in [0.25, 0.3) is 44.5 Å². The van der Waals surface area contributed by atoms with Crippen LogP contribution in [0.15, 0.2) is 127 Å². The van der Waals surface area contributed by atoms with Gasteiger partial charge in [-0.15, -0.1) is 0 Å². The smallest absolute Gasteiger partial charge is 0.00263 e. The Hall–Kier alpha value is -3.90. The second kappa shape index (κ2) is 8.45. The Balaban J connectivity index is 1.88. The average Bonchev–Trinajstić information content (AvgIpc) is 2.85. The third-order valence-electron chi connectivity index (χ3n) is 5.72. The van der Waals surface area contributed by atoms with Gasteiger partial charge in [-0.3, -0.25) is 0 Å². The maximum atomic E-state index is 2.34. The molecule has 0 radical (unpaired) electrons. The Morgan fingerprint density at radius 3 is 1.29 bits per heavy atom. The standard InChI is InChI=1S/C31H24/c1-23-12-11-19-27(20-23)31-29(25-15-7-3-8-16-25)21-28(24-13-5-2-6-14-24)22-30(31)26-17-9-4-10-18-26/h2-22H,1H3. The second-order valence-electron chi connectivity index (χ2n) is 7.91. The van der Waals surface area contributed by atoms with Crippen molar-refractivity contribution >= 4 is 0 Å². The number of aryl methyl sites for hydroxylation is 1. The van der Waals surface area contributed by atoms with E-state index in [0.717, 1.165) is 0 Å². The summed E-state index contributed by atoms with van der Waals surface area (Å²) < 4.78 is 0. The molecule has 0 bridgehead atoms. The van der Waals surface area contributed by atoms with E-state index in [1.165, 1.54) is 50.1 Å². The zero-order valence-electron chi connectivity index (χ0n) is 17.6. The molecule has 0 amide bonds. The van der Waals surface area contributed by atoms with Crippen LogP contribution in [0.4, 0.5) is 0 Å². The van der Waals surface area contributed by atoms with Crippen molar-refractivity contribution < 1.29 is 0 Å². The molecule has 0 saturated carbocycles. The highest BCUT2D eigenvalue weighted by atomic mass is 14.2. The summed E-state index contributed by atoms with van der Waals surface area (Å²) in [4.78, 5) is 0. The molecule has 5 aromatic rings. The maximum absolute atomic E-state index is 2.34. The first-order valence-corrected chi connectivity index (χ1v) is 10.7. The van der Waals surface area contributed by atoms with Gasteiger partial charge >= 0.3 is 0 Å². The van der Waals surface area contributed by atoms with E-state index in [0.29, 0.717) is 0 Å². The van der Waals surface area contributed by atoms with Gasteiger partial charge in [-0.1, -0.05) is 121 Å². The molecule has 0 aliphatic heterocycles. The van der Waals surface area contributed by atoms with Crippen LogP contribution in [0.5, 0.6) is 0 Å². The molecule has 0 aliphatic carbocycles. The molecule has 0 aliphatic rings. The van der Waals surface area contributed by atoms with Gasteiger partial charge in [0, 0.05) is 0 Å². The highest BCUT2D eigenvalue weighted by Crippen LogP contribution is 2.43. The Morgan fingerprint density at radius 1 is 0.355 bits per heavy atom. The summed E-state index contributed by atoms with van der Waals surface area (Å²) in [7, 11) is 0. The van der Waals surface area contributed by atoms with Gasteiger partial charge in [0.25, 0.3) is 0 Å². The fraction of sp³-hybridized carbons (Fsp3) is 0.0323. The molecular weight excluding hydrogens is 372 g/mol. The zero-order valence-corrected chi connectivity index (χ0v) is 17.6. The van der Waals surface area contributed by atoms with E-state index < -0.39 is 0 Å². The van der Waals surface area contributed by atoms with Gasteiger partial charge in [0.1, 0.15) is 0 Å². The minimum absolute atomic E-state index is 1.23. The summed E-state index contributed by atoms with van der Waals surface area (Å²) in [5, 5.41) is 0. The molecule has 0 saturated heterocycles. The third kappa shape index (κ3) is 3.93. The molecule has 0 heterocycles. The van der Waals surface area contributed by atoms with Gasteiger partial charge < -0.3 is 0 Å². The topological polar surface area (TPSA) is 0 Å². The van der Waals surface area contributed by atoms with Gasteiger partial charge in [-0.25, -0.2) is 0 Å². The number of benzene rings is 5. The van der Waals surface area contributed by atoms with Crippen molar-refractivity contribution in [2.24, 2.45) is 0 Å². The largest absolute Gasteiger partial charge is 0.0622 e. The molecule has 0 atom stereocenters. The molecular formula is C31H24. The molecule has 5 rings (SSSR count).